The predicted molar refractivity (Wildman–Crippen MR) is 117 cm³/mol. The Hall–Kier alpha value is -3.58. The molecule has 30 heavy (non-hydrogen) atoms. The molecule has 2 aromatic heterocycles. The molecule has 0 aliphatic heterocycles. The lowest BCUT2D eigenvalue weighted by molar-refractivity contribution is 0.154. The van der Waals surface area contributed by atoms with Gasteiger partial charge in [0.2, 0.25) is 0 Å². The van der Waals surface area contributed by atoms with Crippen LogP contribution in [0.3, 0.4) is 0 Å². The molecule has 0 aliphatic rings. The van der Waals surface area contributed by atoms with E-state index in [2.05, 4.69) is 68.0 Å². The summed E-state index contributed by atoms with van der Waals surface area (Å²) in [6, 6.07) is 26.7. The second kappa shape index (κ2) is 8.42. The Kier molecular flexibility index (Phi) is 5.18. The van der Waals surface area contributed by atoms with Crippen LogP contribution in [-0.2, 0) is 19.8 Å². The van der Waals surface area contributed by atoms with Crippen LogP contribution in [0.25, 0.3) is 22.1 Å². The van der Waals surface area contributed by atoms with Crippen molar-refractivity contribution >= 4 is 22.1 Å². The summed E-state index contributed by atoms with van der Waals surface area (Å²) < 4.78 is 3.91. The fourth-order valence-corrected chi connectivity index (χ4v) is 3.76. The van der Waals surface area contributed by atoms with Crippen LogP contribution in [0.5, 0.6) is 0 Å². The summed E-state index contributed by atoms with van der Waals surface area (Å²) in [6.45, 7) is 2.20. The molecule has 0 amide bonds. The van der Waals surface area contributed by atoms with E-state index in [4.69, 9.17) is 0 Å². The van der Waals surface area contributed by atoms with Crippen LogP contribution in [0.1, 0.15) is 12.0 Å². The van der Waals surface area contributed by atoms with Gasteiger partial charge in [-0.05, 0) is 42.7 Å². The number of benzene rings is 3. The van der Waals surface area contributed by atoms with Gasteiger partial charge in [0.1, 0.15) is 11.0 Å². The average molecular weight is 397 g/mol. The molecule has 150 valence electrons. The SMILES string of the molecule is c1ccc(CCCN(Cn2nnc3ccccc32)Cn2nnc3ccccc32)cc1. The molecule has 0 radical (unpaired) electrons. The molecule has 0 spiro atoms. The van der Waals surface area contributed by atoms with Crippen molar-refractivity contribution in [3.8, 4) is 0 Å². The van der Waals surface area contributed by atoms with Gasteiger partial charge in [-0.1, -0.05) is 65.0 Å². The van der Waals surface area contributed by atoms with E-state index in [1.807, 2.05) is 45.8 Å². The molecule has 5 aromatic rings. The van der Waals surface area contributed by atoms with Crippen LogP contribution in [0.15, 0.2) is 78.9 Å². The number of aryl methyl sites for hydroxylation is 1. The molecule has 0 unspecified atom stereocenters. The fraction of sp³-hybridized carbons (Fsp3) is 0.217. The summed E-state index contributed by atoms with van der Waals surface area (Å²) in [4.78, 5) is 2.34. The van der Waals surface area contributed by atoms with Gasteiger partial charge in [0.05, 0.1) is 24.4 Å². The van der Waals surface area contributed by atoms with Gasteiger partial charge in [0, 0.05) is 6.54 Å². The quantitative estimate of drug-likeness (QED) is 0.399. The zero-order valence-corrected chi connectivity index (χ0v) is 16.7. The second-order valence-electron chi connectivity index (χ2n) is 7.42. The molecular formula is C23H23N7. The summed E-state index contributed by atoms with van der Waals surface area (Å²) in [5.41, 5.74) is 5.25. The third-order valence-electron chi connectivity index (χ3n) is 5.29. The van der Waals surface area contributed by atoms with E-state index in [-0.39, 0.29) is 0 Å². The number of para-hydroxylation sites is 2. The van der Waals surface area contributed by atoms with E-state index in [1.165, 1.54) is 5.56 Å². The molecule has 0 N–H and O–H groups in total. The molecule has 7 heteroatoms. The minimum Gasteiger partial charge on any atom is -0.265 e. The molecule has 7 nitrogen and oxygen atoms in total. The highest BCUT2D eigenvalue weighted by Gasteiger charge is 2.13. The Labute approximate surface area is 174 Å². The van der Waals surface area contributed by atoms with Crippen molar-refractivity contribution in [3.63, 3.8) is 0 Å². The Balaban J connectivity index is 1.36. The molecule has 3 aromatic carbocycles. The Morgan fingerprint density at radius 3 is 1.77 bits per heavy atom. The molecule has 0 fully saturated rings. The zero-order chi connectivity index (χ0) is 20.2. The molecule has 0 aliphatic carbocycles. The first-order valence-corrected chi connectivity index (χ1v) is 10.2. The minimum atomic E-state index is 0.642. The van der Waals surface area contributed by atoms with Gasteiger partial charge in [-0.3, -0.25) is 4.90 Å². The van der Waals surface area contributed by atoms with Crippen molar-refractivity contribution in [2.24, 2.45) is 0 Å². The van der Waals surface area contributed by atoms with Crippen molar-refractivity contribution in [1.29, 1.82) is 0 Å². The van der Waals surface area contributed by atoms with Crippen molar-refractivity contribution in [1.82, 2.24) is 34.9 Å². The maximum atomic E-state index is 4.37. The summed E-state index contributed by atoms with van der Waals surface area (Å²) >= 11 is 0. The van der Waals surface area contributed by atoms with Crippen molar-refractivity contribution in [2.45, 2.75) is 26.2 Å². The Morgan fingerprint density at radius 1 is 0.633 bits per heavy atom. The van der Waals surface area contributed by atoms with Crippen LogP contribution in [-0.4, -0.2) is 41.4 Å². The van der Waals surface area contributed by atoms with E-state index < -0.39 is 0 Å². The molecule has 2 heterocycles. The van der Waals surface area contributed by atoms with Gasteiger partial charge in [-0.15, -0.1) is 10.2 Å². The first kappa shape index (κ1) is 18.4. The number of hydrogen-bond acceptors (Lipinski definition) is 5. The lowest BCUT2D eigenvalue weighted by atomic mass is 10.1. The Morgan fingerprint density at radius 2 is 1.17 bits per heavy atom. The minimum absolute atomic E-state index is 0.642. The van der Waals surface area contributed by atoms with E-state index in [1.54, 1.807) is 0 Å². The van der Waals surface area contributed by atoms with Gasteiger partial charge in [-0.2, -0.15) is 0 Å². The van der Waals surface area contributed by atoms with Crippen LogP contribution in [0.4, 0.5) is 0 Å². The summed E-state index contributed by atoms with van der Waals surface area (Å²) in [7, 11) is 0. The molecule has 0 atom stereocenters. The van der Waals surface area contributed by atoms with Crippen molar-refractivity contribution < 1.29 is 0 Å². The summed E-state index contributed by atoms with van der Waals surface area (Å²) in [5.74, 6) is 0. The van der Waals surface area contributed by atoms with Crippen LogP contribution in [0.2, 0.25) is 0 Å². The largest absolute Gasteiger partial charge is 0.265 e. The van der Waals surface area contributed by atoms with Crippen LogP contribution in [0, 0.1) is 0 Å². The normalized spacial score (nSPS) is 11.6. The van der Waals surface area contributed by atoms with Crippen molar-refractivity contribution in [2.75, 3.05) is 6.54 Å². The van der Waals surface area contributed by atoms with Gasteiger partial charge in [0.25, 0.3) is 0 Å². The van der Waals surface area contributed by atoms with E-state index in [9.17, 15) is 0 Å². The number of rotatable bonds is 8. The summed E-state index contributed by atoms with van der Waals surface area (Å²) in [5, 5.41) is 17.3. The van der Waals surface area contributed by atoms with E-state index in [0.717, 1.165) is 41.5 Å². The third-order valence-corrected chi connectivity index (χ3v) is 5.29. The second-order valence-corrected chi connectivity index (χ2v) is 7.42. The molecule has 5 rings (SSSR count). The molecule has 0 saturated carbocycles. The maximum Gasteiger partial charge on any atom is 0.113 e. The van der Waals surface area contributed by atoms with Gasteiger partial charge >= 0.3 is 0 Å². The fourth-order valence-electron chi connectivity index (χ4n) is 3.76. The lowest BCUT2D eigenvalue weighted by Crippen LogP contribution is -2.31. The maximum absolute atomic E-state index is 4.37. The number of nitrogens with zero attached hydrogens (tertiary/aromatic N) is 7. The lowest BCUT2D eigenvalue weighted by Gasteiger charge is -2.22. The highest BCUT2D eigenvalue weighted by atomic mass is 15.5. The third kappa shape index (κ3) is 3.92. The standard InChI is InChI=1S/C23H23N7/c1-2-9-19(10-3-1)11-8-16-28(17-29-22-14-6-4-12-20(22)24-26-29)18-30-23-15-7-5-13-21(23)25-27-30/h1-7,9-10,12-15H,8,11,16-18H2. The summed E-state index contributed by atoms with van der Waals surface area (Å²) in [6.07, 6.45) is 2.08. The topological polar surface area (TPSA) is 64.7 Å². The van der Waals surface area contributed by atoms with Gasteiger partial charge < -0.3 is 0 Å². The predicted octanol–water partition coefficient (Wildman–Crippen LogP) is 3.73. The van der Waals surface area contributed by atoms with Crippen LogP contribution < -0.4 is 0 Å². The van der Waals surface area contributed by atoms with Gasteiger partial charge in [0.15, 0.2) is 0 Å². The van der Waals surface area contributed by atoms with E-state index >= 15 is 0 Å². The van der Waals surface area contributed by atoms with Crippen LogP contribution >= 0.6 is 0 Å². The average Bonchev–Trinajstić information content (AvgIpc) is 3.39. The van der Waals surface area contributed by atoms with Gasteiger partial charge in [-0.25, -0.2) is 9.36 Å². The Bertz CT molecular complexity index is 1170. The number of hydrogen-bond donors (Lipinski definition) is 0. The number of aromatic nitrogens is 6. The smallest absolute Gasteiger partial charge is 0.113 e. The highest BCUT2D eigenvalue weighted by molar-refractivity contribution is 5.74. The first-order valence-electron chi connectivity index (χ1n) is 10.2. The zero-order valence-electron chi connectivity index (χ0n) is 16.7. The highest BCUT2D eigenvalue weighted by Crippen LogP contribution is 2.14. The number of fused-ring (bicyclic) bond motifs is 2. The van der Waals surface area contributed by atoms with Crippen molar-refractivity contribution in [3.05, 3.63) is 84.4 Å². The molecule has 0 saturated heterocycles. The first-order chi connectivity index (χ1) is 14.9. The molecular weight excluding hydrogens is 374 g/mol. The van der Waals surface area contributed by atoms with E-state index in [0.29, 0.717) is 13.3 Å². The molecule has 0 bridgehead atoms. The monoisotopic (exact) mass is 397 g/mol.